The summed E-state index contributed by atoms with van der Waals surface area (Å²) in [6.45, 7) is 1.43. The second-order valence-corrected chi connectivity index (χ2v) is 8.57. The first kappa shape index (κ1) is 19.1. The van der Waals surface area contributed by atoms with Gasteiger partial charge in [-0.05, 0) is 42.7 Å². The Kier molecular flexibility index (Phi) is 5.73. The van der Waals surface area contributed by atoms with Gasteiger partial charge in [0.05, 0.1) is 16.8 Å². The van der Waals surface area contributed by atoms with Crippen molar-refractivity contribution in [3.05, 3.63) is 60.0 Å². The number of amides is 1. The number of fused-ring (bicyclic) bond motifs is 1. The van der Waals surface area contributed by atoms with E-state index in [9.17, 15) is 9.18 Å². The molecule has 0 unspecified atom stereocenters. The van der Waals surface area contributed by atoms with Crippen molar-refractivity contribution in [3.8, 4) is 0 Å². The largest absolute Gasteiger partial charge is 0.354 e. The van der Waals surface area contributed by atoms with Gasteiger partial charge in [0, 0.05) is 46.8 Å². The molecule has 0 radical (unpaired) electrons. The van der Waals surface area contributed by atoms with Crippen molar-refractivity contribution >= 4 is 51.7 Å². The van der Waals surface area contributed by atoms with Crippen LogP contribution in [0.3, 0.4) is 0 Å². The Morgan fingerprint density at radius 1 is 1.21 bits per heavy atom. The quantitative estimate of drug-likeness (QED) is 0.608. The molecule has 0 bridgehead atoms. The maximum absolute atomic E-state index is 14.0. The first-order valence-electron chi connectivity index (χ1n) is 9.02. The van der Waals surface area contributed by atoms with Crippen molar-refractivity contribution in [1.29, 1.82) is 0 Å². The molecule has 1 aromatic heterocycles. The Hall–Kier alpha value is -2.25. The molecule has 0 aliphatic carbocycles. The lowest BCUT2D eigenvalue weighted by molar-refractivity contribution is 0.0773. The Bertz CT molecular complexity index is 1020. The van der Waals surface area contributed by atoms with Gasteiger partial charge in [-0.3, -0.25) is 9.78 Å². The molecule has 1 aliphatic rings. The lowest BCUT2D eigenvalue weighted by Gasteiger charge is -2.27. The zero-order valence-corrected chi connectivity index (χ0v) is 17.1. The molecule has 7 heteroatoms. The van der Waals surface area contributed by atoms with Crippen LogP contribution in [0.25, 0.3) is 10.9 Å². The molecule has 2 heterocycles. The SMILES string of the molecule is CSc1cccc(Nc2c(C(=O)N3CCSCC3)cnc3ccc(F)cc23)c1. The van der Waals surface area contributed by atoms with Crippen LogP contribution in [0.1, 0.15) is 10.4 Å². The average Bonchev–Trinajstić information content (AvgIpc) is 2.74. The van der Waals surface area contributed by atoms with E-state index in [2.05, 4.69) is 10.3 Å². The van der Waals surface area contributed by atoms with E-state index in [0.29, 0.717) is 35.2 Å². The number of aromatic nitrogens is 1. The lowest BCUT2D eigenvalue weighted by Crippen LogP contribution is -2.38. The van der Waals surface area contributed by atoms with Crippen LogP contribution in [0.2, 0.25) is 0 Å². The fourth-order valence-corrected chi connectivity index (χ4v) is 4.61. The summed E-state index contributed by atoms with van der Waals surface area (Å²) in [5.74, 6) is 1.44. The summed E-state index contributed by atoms with van der Waals surface area (Å²) in [7, 11) is 0. The van der Waals surface area contributed by atoms with Crippen LogP contribution in [0.4, 0.5) is 15.8 Å². The van der Waals surface area contributed by atoms with Crippen LogP contribution in [0.15, 0.2) is 53.6 Å². The molecule has 144 valence electrons. The molecule has 1 N–H and O–H groups in total. The van der Waals surface area contributed by atoms with Gasteiger partial charge >= 0.3 is 0 Å². The summed E-state index contributed by atoms with van der Waals surface area (Å²) in [4.78, 5) is 20.6. The number of thioether (sulfide) groups is 2. The Morgan fingerprint density at radius 3 is 2.82 bits per heavy atom. The van der Waals surface area contributed by atoms with Crippen LogP contribution in [-0.2, 0) is 0 Å². The molecule has 4 rings (SSSR count). The number of anilines is 2. The van der Waals surface area contributed by atoms with Crippen molar-refractivity contribution in [2.24, 2.45) is 0 Å². The normalized spacial score (nSPS) is 14.3. The van der Waals surface area contributed by atoms with Crippen molar-refractivity contribution in [1.82, 2.24) is 9.88 Å². The summed E-state index contributed by atoms with van der Waals surface area (Å²) in [5, 5.41) is 3.97. The third-order valence-electron chi connectivity index (χ3n) is 4.70. The molecule has 1 fully saturated rings. The first-order chi connectivity index (χ1) is 13.7. The van der Waals surface area contributed by atoms with Crippen LogP contribution in [-0.4, -0.2) is 46.6 Å². The molecule has 1 saturated heterocycles. The summed E-state index contributed by atoms with van der Waals surface area (Å²) >= 11 is 3.49. The van der Waals surface area contributed by atoms with Crippen LogP contribution >= 0.6 is 23.5 Å². The smallest absolute Gasteiger partial charge is 0.257 e. The highest BCUT2D eigenvalue weighted by atomic mass is 32.2. The molecule has 4 nitrogen and oxygen atoms in total. The second kappa shape index (κ2) is 8.41. The van der Waals surface area contributed by atoms with Gasteiger partial charge in [0.1, 0.15) is 5.82 Å². The van der Waals surface area contributed by atoms with Crippen LogP contribution in [0.5, 0.6) is 0 Å². The number of rotatable bonds is 4. The number of carbonyl (C=O) groups excluding carboxylic acids is 1. The first-order valence-corrected chi connectivity index (χ1v) is 11.4. The number of hydrogen-bond acceptors (Lipinski definition) is 5. The molecular weight excluding hydrogens is 393 g/mol. The third kappa shape index (κ3) is 3.95. The number of nitrogens with zero attached hydrogens (tertiary/aromatic N) is 2. The maximum Gasteiger partial charge on any atom is 0.257 e. The minimum absolute atomic E-state index is 0.0671. The zero-order chi connectivity index (χ0) is 19.5. The topological polar surface area (TPSA) is 45.2 Å². The van der Waals surface area contributed by atoms with Gasteiger partial charge in [0.2, 0.25) is 0 Å². The predicted molar refractivity (Wildman–Crippen MR) is 116 cm³/mol. The molecule has 0 atom stereocenters. The van der Waals surface area contributed by atoms with E-state index in [1.807, 2.05) is 47.2 Å². The van der Waals surface area contributed by atoms with E-state index in [1.54, 1.807) is 24.0 Å². The minimum Gasteiger partial charge on any atom is -0.354 e. The van der Waals surface area contributed by atoms with Gasteiger partial charge in [-0.1, -0.05) is 6.07 Å². The molecule has 0 spiro atoms. The minimum atomic E-state index is -0.353. The number of benzene rings is 2. The van der Waals surface area contributed by atoms with Crippen molar-refractivity contribution in [2.75, 3.05) is 36.2 Å². The summed E-state index contributed by atoms with van der Waals surface area (Å²) in [6, 6.07) is 12.4. The van der Waals surface area contributed by atoms with Gasteiger partial charge < -0.3 is 10.2 Å². The maximum atomic E-state index is 14.0. The Balaban J connectivity index is 1.82. The molecule has 1 aliphatic heterocycles. The van der Waals surface area contributed by atoms with Crippen LogP contribution < -0.4 is 5.32 Å². The highest BCUT2D eigenvalue weighted by Gasteiger charge is 2.23. The molecule has 28 heavy (non-hydrogen) atoms. The van der Waals surface area contributed by atoms with Crippen molar-refractivity contribution in [2.45, 2.75) is 4.90 Å². The van der Waals surface area contributed by atoms with Gasteiger partial charge in [0.15, 0.2) is 0 Å². The Morgan fingerprint density at radius 2 is 2.04 bits per heavy atom. The van der Waals surface area contributed by atoms with Gasteiger partial charge in [-0.15, -0.1) is 11.8 Å². The number of nitrogens with one attached hydrogen (secondary N) is 1. The number of hydrogen-bond donors (Lipinski definition) is 1. The monoisotopic (exact) mass is 413 g/mol. The van der Waals surface area contributed by atoms with Crippen molar-refractivity contribution < 1.29 is 9.18 Å². The predicted octanol–water partition coefficient (Wildman–Crippen LogP) is 5.03. The molecule has 1 amide bonds. The van der Waals surface area contributed by atoms with Gasteiger partial charge in [-0.25, -0.2) is 4.39 Å². The third-order valence-corrected chi connectivity index (χ3v) is 6.37. The molecule has 3 aromatic rings. The summed E-state index contributed by atoms with van der Waals surface area (Å²) in [5.41, 5.74) is 2.58. The highest BCUT2D eigenvalue weighted by molar-refractivity contribution is 7.99. The summed E-state index contributed by atoms with van der Waals surface area (Å²) in [6.07, 6.45) is 3.62. The van der Waals surface area contributed by atoms with Gasteiger partial charge in [-0.2, -0.15) is 11.8 Å². The van der Waals surface area contributed by atoms with E-state index in [4.69, 9.17) is 0 Å². The lowest BCUT2D eigenvalue weighted by atomic mass is 10.1. The van der Waals surface area contributed by atoms with E-state index in [-0.39, 0.29) is 11.7 Å². The van der Waals surface area contributed by atoms with E-state index < -0.39 is 0 Å². The number of pyridine rings is 1. The fourth-order valence-electron chi connectivity index (χ4n) is 3.24. The van der Waals surface area contributed by atoms with E-state index >= 15 is 0 Å². The number of carbonyl (C=O) groups is 1. The molecule has 0 saturated carbocycles. The van der Waals surface area contributed by atoms with E-state index in [1.165, 1.54) is 12.1 Å². The fraction of sp³-hybridized carbons (Fsp3) is 0.238. The van der Waals surface area contributed by atoms with Crippen LogP contribution in [0, 0.1) is 5.82 Å². The second-order valence-electron chi connectivity index (χ2n) is 6.47. The average molecular weight is 414 g/mol. The highest BCUT2D eigenvalue weighted by Crippen LogP contribution is 2.32. The molecular formula is C21H20FN3OS2. The zero-order valence-electron chi connectivity index (χ0n) is 15.4. The Labute approximate surface area is 171 Å². The standard InChI is InChI=1S/C21H20FN3OS2/c1-27-16-4-2-3-15(12-16)24-20-17-11-14(22)5-6-19(17)23-13-18(20)21(26)25-7-9-28-10-8-25/h2-6,11-13H,7-10H2,1H3,(H,23,24). The van der Waals surface area contributed by atoms with E-state index in [0.717, 1.165) is 22.1 Å². The van der Waals surface area contributed by atoms with Gasteiger partial charge in [0.25, 0.3) is 5.91 Å². The number of halogens is 1. The molecule has 2 aromatic carbocycles. The summed E-state index contributed by atoms with van der Waals surface area (Å²) < 4.78 is 14.0. The van der Waals surface area contributed by atoms with Crippen molar-refractivity contribution in [3.63, 3.8) is 0 Å².